The summed E-state index contributed by atoms with van der Waals surface area (Å²) < 4.78 is 42.6. The molecule has 0 bridgehead atoms. The first kappa shape index (κ1) is 34.2. The molecule has 0 spiro atoms. The van der Waals surface area contributed by atoms with E-state index in [2.05, 4.69) is 25.1 Å². The van der Waals surface area contributed by atoms with E-state index in [1.807, 2.05) is 50.2 Å². The number of alkyl halides is 3. The SMILES string of the molecule is CC(C)c1ccccc1N1C(=O)CSC1=NC(=O)CC(CCc1ccc(-c2ncn(-c3ccc(OC(F)(F)F)cc3)n2)cc1)NC(=O)O. The molecule has 1 atom stereocenters. The third kappa shape index (κ3) is 8.79. The van der Waals surface area contributed by atoms with Crippen LogP contribution in [0.25, 0.3) is 17.1 Å². The number of nitrogens with one attached hydrogen (secondary N) is 1. The van der Waals surface area contributed by atoms with E-state index in [9.17, 15) is 32.7 Å². The van der Waals surface area contributed by atoms with E-state index in [1.54, 1.807) is 12.1 Å². The number of halogens is 3. The van der Waals surface area contributed by atoms with Crippen LogP contribution >= 0.6 is 11.8 Å². The highest BCUT2D eigenvalue weighted by molar-refractivity contribution is 8.15. The highest BCUT2D eigenvalue weighted by Crippen LogP contribution is 2.33. The van der Waals surface area contributed by atoms with Gasteiger partial charge in [-0.05, 0) is 60.2 Å². The molecule has 2 N–H and O–H groups in total. The average molecular weight is 681 g/mol. The largest absolute Gasteiger partial charge is 0.573 e. The topological polar surface area (TPSA) is 139 Å². The molecule has 1 aliphatic rings. The minimum atomic E-state index is -4.78. The third-order valence-corrected chi connectivity index (χ3v) is 8.28. The first-order chi connectivity index (χ1) is 22.9. The lowest BCUT2D eigenvalue weighted by Gasteiger charge is -2.21. The number of aryl methyl sites for hydroxylation is 1. The lowest BCUT2D eigenvalue weighted by Crippen LogP contribution is -2.36. The van der Waals surface area contributed by atoms with Gasteiger partial charge in [0.25, 0.3) is 0 Å². The summed E-state index contributed by atoms with van der Waals surface area (Å²) in [7, 11) is 0. The number of carbonyl (C=O) groups excluding carboxylic acids is 2. The van der Waals surface area contributed by atoms with Gasteiger partial charge >= 0.3 is 12.5 Å². The molecule has 2 heterocycles. The van der Waals surface area contributed by atoms with Crippen LogP contribution in [0.15, 0.2) is 84.1 Å². The fraction of sp³-hybridized carbons (Fsp3) is 0.273. The van der Waals surface area contributed by atoms with Crippen molar-refractivity contribution in [2.24, 2.45) is 4.99 Å². The van der Waals surface area contributed by atoms with Gasteiger partial charge in [-0.3, -0.25) is 14.5 Å². The quantitative estimate of drug-likeness (QED) is 0.181. The summed E-state index contributed by atoms with van der Waals surface area (Å²) in [5.74, 6) is -0.397. The minimum Gasteiger partial charge on any atom is -0.465 e. The van der Waals surface area contributed by atoms with Gasteiger partial charge in [0.15, 0.2) is 11.0 Å². The minimum absolute atomic E-state index is 0.138. The molecule has 1 aromatic heterocycles. The summed E-state index contributed by atoms with van der Waals surface area (Å²) in [4.78, 5) is 47.3. The van der Waals surface area contributed by atoms with E-state index >= 15 is 0 Å². The van der Waals surface area contributed by atoms with Crippen molar-refractivity contribution in [3.8, 4) is 22.8 Å². The number of hydrogen-bond donors (Lipinski definition) is 2. The van der Waals surface area contributed by atoms with Crippen molar-refractivity contribution in [2.45, 2.75) is 51.4 Å². The van der Waals surface area contributed by atoms with E-state index < -0.39 is 24.4 Å². The second-order valence-electron chi connectivity index (χ2n) is 11.2. The Labute approximate surface area is 277 Å². The van der Waals surface area contributed by atoms with Crippen molar-refractivity contribution < 1.29 is 37.4 Å². The van der Waals surface area contributed by atoms with Gasteiger partial charge in [-0.2, -0.15) is 4.99 Å². The molecular formula is C33H31F3N6O5S. The number of para-hydroxylation sites is 1. The molecule has 0 radical (unpaired) electrons. The van der Waals surface area contributed by atoms with Crippen LogP contribution in [-0.2, 0) is 16.0 Å². The number of nitrogens with zero attached hydrogens (tertiary/aromatic N) is 5. The molecule has 0 saturated carbocycles. The lowest BCUT2D eigenvalue weighted by atomic mass is 10.0. The van der Waals surface area contributed by atoms with Crippen LogP contribution in [0.5, 0.6) is 5.75 Å². The van der Waals surface area contributed by atoms with Crippen LogP contribution < -0.4 is 15.0 Å². The number of ether oxygens (including phenoxy) is 1. The Morgan fingerprint density at radius 2 is 1.77 bits per heavy atom. The van der Waals surface area contributed by atoms with Crippen LogP contribution in [0.4, 0.5) is 23.7 Å². The Balaban J connectivity index is 1.21. The van der Waals surface area contributed by atoms with Crippen molar-refractivity contribution in [1.29, 1.82) is 0 Å². The van der Waals surface area contributed by atoms with Gasteiger partial charge in [0, 0.05) is 18.0 Å². The Morgan fingerprint density at radius 1 is 1.06 bits per heavy atom. The van der Waals surface area contributed by atoms with Crippen molar-refractivity contribution in [3.63, 3.8) is 0 Å². The van der Waals surface area contributed by atoms with Crippen molar-refractivity contribution in [3.05, 3.63) is 90.3 Å². The van der Waals surface area contributed by atoms with Gasteiger partial charge in [0.05, 0.1) is 17.1 Å². The Bertz CT molecular complexity index is 1810. The number of carboxylic acid groups (broad SMARTS) is 1. The van der Waals surface area contributed by atoms with Gasteiger partial charge in [0.2, 0.25) is 11.8 Å². The fourth-order valence-corrected chi connectivity index (χ4v) is 5.98. The second-order valence-corrected chi connectivity index (χ2v) is 12.1. The first-order valence-corrected chi connectivity index (χ1v) is 15.9. The van der Waals surface area contributed by atoms with Crippen molar-refractivity contribution in [2.75, 3.05) is 10.7 Å². The summed E-state index contributed by atoms with van der Waals surface area (Å²) in [6, 6.07) is 19.2. The van der Waals surface area contributed by atoms with Gasteiger partial charge < -0.3 is 15.2 Å². The van der Waals surface area contributed by atoms with Crippen LogP contribution in [-0.4, -0.2) is 61.1 Å². The number of carbonyl (C=O) groups is 3. The molecule has 0 aliphatic carbocycles. The number of amidine groups is 1. The number of hydrogen-bond acceptors (Lipinski definition) is 7. The second kappa shape index (κ2) is 14.7. The molecule has 15 heteroatoms. The molecule has 11 nitrogen and oxygen atoms in total. The molecule has 4 aromatic rings. The highest BCUT2D eigenvalue weighted by atomic mass is 32.2. The zero-order chi connectivity index (χ0) is 34.4. The van der Waals surface area contributed by atoms with Gasteiger partial charge in [-0.25, -0.2) is 14.5 Å². The summed E-state index contributed by atoms with van der Waals surface area (Å²) in [6.45, 7) is 4.03. The molecule has 250 valence electrons. The summed E-state index contributed by atoms with van der Waals surface area (Å²) in [6.07, 6.45) is -4.04. The maximum atomic E-state index is 13.0. The number of anilines is 1. The van der Waals surface area contributed by atoms with E-state index in [1.165, 1.54) is 51.9 Å². The van der Waals surface area contributed by atoms with Gasteiger partial charge in [0.1, 0.15) is 12.1 Å². The molecular weight excluding hydrogens is 649 g/mol. The zero-order valence-corrected chi connectivity index (χ0v) is 26.7. The summed E-state index contributed by atoms with van der Waals surface area (Å²) in [5.41, 5.74) is 3.68. The van der Waals surface area contributed by atoms with E-state index in [4.69, 9.17) is 0 Å². The smallest absolute Gasteiger partial charge is 0.465 e. The standard InChI is InChI=1S/C33H31F3N6O5S/c1-20(2)26-5-3-4-6-27(26)42-29(44)18-48-31(42)39-28(43)17-23(38-32(45)46)12-9-21-7-10-22(11-8-21)30-37-19-41(40-30)24-13-15-25(16-14-24)47-33(34,35)36/h3-8,10-11,13-16,19-20,23,38H,9,12,17-18H2,1-2H3,(H,45,46). The summed E-state index contributed by atoms with van der Waals surface area (Å²) in [5, 5.41) is 16.5. The third-order valence-electron chi connectivity index (χ3n) is 7.35. The molecule has 5 rings (SSSR count). The number of benzene rings is 3. The number of aliphatic imine (C=N–C) groups is 1. The highest BCUT2D eigenvalue weighted by Gasteiger charge is 2.33. The molecule has 1 unspecified atom stereocenters. The molecule has 1 fully saturated rings. The predicted molar refractivity (Wildman–Crippen MR) is 174 cm³/mol. The first-order valence-electron chi connectivity index (χ1n) is 14.9. The van der Waals surface area contributed by atoms with Crippen LogP contribution in [0.3, 0.4) is 0 Å². The molecule has 48 heavy (non-hydrogen) atoms. The van der Waals surface area contributed by atoms with E-state index in [-0.39, 0.29) is 34.9 Å². The molecule has 1 saturated heterocycles. The average Bonchev–Trinajstić information content (AvgIpc) is 3.66. The van der Waals surface area contributed by atoms with Gasteiger partial charge in [-0.1, -0.05) is 68.1 Å². The number of aromatic nitrogens is 3. The van der Waals surface area contributed by atoms with Crippen LogP contribution in [0.2, 0.25) is 0 Å². The predicted octanol–water partition coefficient (Wildman–Crippen LogP) is 6.58. The normalized spacial score (nSPS) is 14.8. The van der Waals surface area contributed by atoms with E-state index in [0.717, 1.165) is 11.1 Å². The number of amides is 3. The summed E-state index contributed by atoms with van der Waals surface area (Å²) >= 11 is 1.17. The Morgan fingerprint density at radius 3 is 2.44 bits per heavy atom. The molecule has 3 aromatic carbocycles. The van der Waals surface area contributed by atoms with Crippen LogP contribution in [0, 0.1) is 0 Å². The van der Waals surface area contributed by atoms with Crippen LogP contribution in [0.1, 0.15) is 43.7 Å². The molecule has 1 aliphatic heterocycles. The maximum Gasteiger partial charge on any atom is 0.573 e. The lowest BCUT2D eigenvalue weighted by molar-refractivity contribution is -0.274. The monoisotopic (exact) mass is 680 g/mol. The Hall–Kier alpha value is -5.18. The number of rotatable bonds is 11. The van der Waals surface area contributed by atoms with Crippen molar-refractivity contribution >= 4 is 40.5 Å². The zero-order valence-electron chi connectivity index (χ0n) is 25.8. The fourth-order valence-electron chi connectivity index (χ4n) is 5.11. The maximum absolute atomic E-state index is 13.0. The molecule has 3 amide bonds. The van der Waals surface area contributed by atoms with Crippen molar-refractivity contribution in [1.82, 2.24) is 20.1 Å². The van der Waals surface area contributed by atoms with Gasteiger partial charge in [-0.15, -0.1) is 18.3 Å². The Kier molecular flexibility index (Phi) is 10.5. The van der Waals surface area contributed by atoms with E-state index in [0.29, 0.717) is 35.6 Å². The number of thioether (sulfide) groups is 1.